The van der Waals surface area contributed by atoms with Gasteiger partial charge in [0.2, 0.25) is 0 Å². The average Bonchev–Trinajstić information content (AvgIpc) is 3.20. The standard InChI is InChI=1S/C25H31N5O/c1-25(2,18-7-6-13-26-17-18)29-15-11-19(12-16-29)30-14-4-3-10-22(30)20-8-5-9-21-23(20)28-24(31)27-21/h5-9,13,17,19,22H,3-4,10-12,14-16H2,1-2H3. The summed E-state index contributed by atoms with van der Waals surface area (Å²) < 4.78 is 0. The zero-order valence-corrected chi connectivity index (χ0v) is 18.5. The van der Waals surface area contributed by atoms with Crippen LogP contribution in [0, 0.1) is 0 Å². The van der Waals surface area contributed by atoms with Crippen molar-refractivity contribution in [1.29, 1.82) is 0 Å². The van der Waals surface area contributed by atoms with E-state index < -0.39 is 0 Å². The number of urea groups is 1. The minimum Gasteiger partial charge on any atom is -0.294 e. The number of hydrogen-bond acceptors (Lipinski definition) is 4. The van der Waals surface area contributed by atoms with Crippen molar-refractivity contribution >= 4 is 6.03 Å². The van der Waals surface area contributed by atoms with Crippen LogP contribution in [0.1, 0.15) is 63.1 Å². The number of carbonyl (C=O) groups is 1. The molecule has 2 aromatic rings. The maximum atomic E-state index is 11.8. The predicted octanol–water partition coefficient (Wildman–Crippen LogP) is 3.38. The molecule has 6 nitrogen and oxygen atoms in total. The quantitative estimate of drug-likeness (QED) is 0.765. The molecule has 0 spiro atoms. The molecule has 31 heavy (non-hydrogen) atoms. The van der Waals surface area contributed by atoms with Crippen LogP contribution in [0.15, 0.2) is 52.7 Å². The molecule has 0 bridgehead atoms. The fraction of sp³-hybridized carbons (Fsp3) is 0.520. The summed E-state index contributed by atoms with van der Waals surface area (Å²) in [4.78, 5) is 29.8. The van der Waals surface area contributed by atoms with E-state index in [9.17, 15) is 4.79 Å². The lowest BCUT2D eigenvalue weighted by molar-refractivity contribution is 0.0165. The molecule has 2 amide bonds. The molecule has 1 aromatic carbocycles. The average molecular weight is 418 g/mol. The summed E-state index contributed by atoms with van der Waals surface area (Å²) in [5.74, 6) is 0. The number of likely N-dealkylation sites (tertiary alicyclic amines) is 2. The van der Waals surface area contributed by atoms with Crippen molar-refractivity contribution in [3.63, 3.8) is 0 Å². The molecular weight excluding hydrogens is 386 g/mol. The number of carbonyl (C=O) groups excluding carboxylic acids is 1. The molecular formula is C25H31N5O. The number of pyridine rings is 1. The van der Waals surface area contributed by atoms with Crippen LogP contribution in [0.3, 0.4) is 0 Å². The Morgan fingerprint density at radius 1 is 0.968 bits per heavy atom. The second-order valence-corrected chi connectivity index (χ2v) is 9.49. The smallest absolute Gasteiger partial charge is 0.294 e. The van der Waals surface area contributed by atoms with Crippen LogP contribution in [0.2, 0.25) is 0 Å². The molecule has 2 saturated heterocycles. The summed E-state index contributed by atoms with van der Waals surface area (Å²) in [6.07, 6.45) is 9.76. The van der Waals surface area contributed by atoms with Gasteiger partial charge in [-0.05, 0) is 69.3 Å². The van der Waals surface area contributed by atoms with E-state index in [1.54, 1.807) is 0 Å². The minimum atomic E-state index is -0.365. The summed E-state index contributed by atoms with van der Waals surface area (Å²) >= 11 is 0. The van der Waals surface area contributed by atoms with Gasteiger partial charge in [0.05, 0.1) is 10.7 Å². The van der Waals surface area contributed by atoms with E-state index in [0.717, 1.165) is 49.6 Å². The third kappa shape index (κ3) is 3.83. The number of aromatic nitrogens is 1. The largest absolute Gasteiger partial charge is 0.368 e. The van der Waals surface area contributed by atoms with E-state index in [0.29, 0.717) is 12.1 Å². The van der Waals surface area contributed by atoms with Crippen molar-refractivity contribution in [2.45, 2.75) is 63.6 Å². The maximum Gasteiger partial charge on any atom is 0.368 e. The molecule has 162 valence electrons. The summed E-state index contributed by atoms with van der Waals surface area (Å²) in [6, 6.07) is 10.8. The zero-order chi connectivity index (χ0) is 21.4. The molecule has 5 rings (SSSR count). The lowest BCUT2D eigenvalue weighted by atomic mass is 9.87. The fourth-order valence-corrected chi connectivity index (χ4v) is 5.64. The lowest BCUT2D eigenvalue weighted by Gasteiger charge is -2.48. The van der Waals surface area contributed by atoms with Crippen molar-refractivity contribution in [1.82, 2.24) is 14.8 Å². The Labute approximate surface area is 183 Å². The van der Waals surface area contributed by atoms with Gasteiger partial charge in [-0.25, -0.2) is 4.79 Å². The third-order valence-electron chi connectivity index (χ3n) is 7.46. The Balaban J connectivity index is 1.35. The van der Waals surface area contributed by atoms with E-state index in [1.165, 1.54) is 24.0 Å². The number of para-hydroxylation sites is 1. The minimum absolute atomic E-state index is 0.0124. The van der Waals surface area contributed by atoms with Crippen LogP contribution in [0.5, 0.6) is 0 Å². The van der Waals surface area contributed by atoms with E-state index in [-0.39, 0.29) is 11.6 Å². The Morgan fingerprint density at radius 3 is 2.58 bits per heavy atom. The number of amides is 2. The molecule has 0 N–H and O–H groups in total. The highest BCUT2D eigenvalue weighted by atomic mass is 16.2. The molecule has 3 aliphatic rings. The summed E-state index contributed by atoms with van der Waals surface area (Å²) in [6.45, 7) is 7.91. The van der Waals surface area contributed by atoms with Gasteiger partial charge in [-0.15, -0.1) is 0 Å². The number of hydrogen-bond donors (Lipinski definition) is 0. The number of fused-ring (bicyclic) bond motifs is 1. The highest BCUT2D eigenvalue weighted by Gasteiger charge is 2.37. The van der Waals surface area contributed by atoms with Gasteiger partial charge in [0, 0.05) is 43.1 Å². The maximum absolute atomic E-state index is 11.8. The van der Waals surface area contributed by atoms with Crippen molar-refractivity contribution < 1.29 is 4.79 Å². The van der Waals surface area contributed by atoms with Gasteiger partial charge in [0.25, 0.3) is 0 Å². The van der Waals surface area contributed by atoms with Gasteiger partial charge >= 0.3 is 6.03 Å². The molecule has 0 aliphatic carbocycles. The first-order valence-corrected chi connectivity index (χ1v) is 11.6. The fourth-order valence-electron chi connectivity index (χ4n) is 5.64. The lowest BCUT2D eigenvalue weighted by Crippen LogP contribution is -2.52. The van der Waals surface area contributed by atoms with Gasteiger partial charge in [-0.1, -0.05) is 24.6 Å². The molecule has 0 saturated carbocycles. The van der Waals surface area contributed by atoms with Gasteiger partial charge < -0.3 is 0 Å². The van der Waals surface area contributed by atoms with Crippen molar-refractivity contribution in [3.8, 4) is 0 Å². The Kier molecular flexibility index (Phi) is 5.44. The van der Waals surface area contributed by atoms with Crippen molar-refractivity contribution in [2.24, 2.45) is 9.98 Å². The number of benzene rings is 1. The first-order valence-electron chi connectivity index (χ1n) is 11.6. The highest BCUT2D eigenvalue weighted by molar-refractivity contribution is 5.77. The van der Waals surface area contributed by atoms with Crippen LogP contribution in [-0.4, -0.2) is 46.5 Å². The van der Waals surface area contributed by atoms with Crippen LogP contribution < -0.4 is 10.7 Å². The number of nitrogens with zero attached hydrogens (tertiary/aromatic N) is 5. The van der Waals surface area contributed by atoms with Crippen LogP contribution in [0.4, 0.5) is 4.79 Å². The van der Waals surface area contributed by atoms with E-state index in [2.05, 4.69) is 50.7 Å². The monoisotopic (exact) mass is 417 g/mol. The van der Waals surface area contributed by atoms with Crippen LogP contribution in [-0.2, 0) is 5.54 Å². The zero-order valence-electron chi connectivity index (χ0n) is 18.5. The third-order valence-corrected chi connectivity index (χ3v) is 7.46. The SMILES string of the molecule is CC(C)(c1cccnc1)N1CCC(N2CCCCC2c2cccc3c2=NC(=O)N=3)CC1. The van der Waals surface area contributed by atoms with Gasteiger partial charge in [0.1, 0.15) is 0 Å². The first kappa shape index (κ1) is 20.5. The predicted molar refractivity (Wildman–Crippen MR) is 119 cm³/mol. The molecule has 1 atom stereocenters. The second-order valence-electron chi connectivity index (χ2n) is 9.49. The van der Waals surface area contributed by atoms with Gasteiger partial charge in [-0.3, -0.25) is 14.8 Å². The summed E-state index contributed by atoms with van der Waals surface area (Å²) in [5, 5.41) is 1.54. The molecule has 1 unspecified atom stereocenters. The Hall–Kier alpha value is -2.44. The van der Waals surface area contributed by atoms with E-state index in [4.69, 9.17) is 0 Å². The van der Waals surface area contributed by atoms with Gasteiger partial charge in [-0.2, -0.15) is 9.98 Å². The molecule has 6 heteroatoms. The van der Waals surface area contributed by atoms with E-state index >= 15 is 0 Å². The first-order chi connectivity index (χ1) is 15.0. The van der Waals surface area contributed by atoms with Crippen molar-refractivity contribution in [3.05, 3.63) is 64.6 Å². The van der Waals surface area contributed by atoms with Crippen molar-refractivity contribution in [2.75, 3.05) is 19.6 Å². The summed E-state index contributed by atoms with van der Waals surface area (Å²) in [5.41, 5.74) is 2.45. The molecule has 3 aliphatic heterocycles. The number of piperidine rings is 2. The van der Waals surface area contributed by atoms with E-state index in [1.807, 2.05) is 30.6 Å². The van der Waals surface area contributed by atoms with Crippen LogP contribution >= 0.6 is 0 Å². The highest BCUT2D eigenvalue weighted by Crippen LogP contribution is 2.36. The molecule has 0 radical (unpaired) electrons. The molecule has 4 heterocycles. The second kappa shape index (κ2) is 8.24. The molecule has 2 fully saturated rings. The number of rotatable bonds is 4. The Bertz CT molecular complexity index is 1070. The van der Waals surface area contributed by atoms with Gasteiger partial charge in [0.15, 0.2) is 0 Å². The topological polar surface area (TPSA) is 61.2 Å². The van der Waals surface area contributed by atoms with Crippen LogP contribution in [0.25, 0.3) is 0 Å². The normalized spacial score (nSPS) is 23.3. The molecule has 1 aromatic heterocycles. The Morgan fingerprint density at radius 2 is 1.81 bits per heavy atom. The summed E-state index contributed by atoms with van der Waals surface area (Å²) in [7, 11) is 0.